The van der Waals surface area contributed by atoms with Crippen molar-refractivity contribution >= 4 is 11.3 Å². The number of hydrogen-bond donors (Lipinski definition) is 0. The number of thiophene rings is 1. The molecule has 0 amide bonds. The van der Waals surface area contributed by atoms with Gasteiger partial charge < -0.3 is 0 Å². The van der Waals surface area contributed by atoms with Gasteiger partial charge in [0.05, 0.1) is 4.88 Å². The van der Waals surface area contributed by atoms with Gasteiger partial charge in [-0.25, -0.2) is 0 Å². The van der Waals surface area contributed by atoms with Crippen LogP contribution in [-0.4, -0.2) is 0 Å². The molecule has 0 radical (unpaired) electrons. The fourth-order valence-electron chi connectivity index (χ4n) is 0.819. The third-order valence-electron chi connectivity index (χ3n) is 1.49. The molecule has 58 valence electrons. The Morgan fingerprint density at radius 1 is 1.36 bits per heavy atom. The maximum absolute atomic E-state index is 5.27. The lowest BCUT2D eigenvalue weighted by molar-refractivity contribution is 0.604. The van der Waals surface area contributed by atoms with Crippen LogP contribution >= 0.6 is 11.3 Å². The minimum Gasteiger partial charge on any atom is -0.131 e. The van der Waals surface area contributed by atoms with Crippen molar-refractivity contribution < 1.29 is 0 Å². The highest BCUT2D eigenvalue weighted by atomic mass is 32.1. The molecule has 0 aromatic carbocycles. The van der Waals surface area contributed by atoms with Gasteiger partial charge in [0.25, 0.3) is 0 Å². The molecule has 0 nitrogen and oxygen atoms in total. The van der Waals surface area contributed by atoms with Crippen molar-refractivity contribution in [1.82, 2.24) is 0 Å². The van der Waals surface area contributed by atoms with Gasteiger partial charge in [-0.05, 0) is 17.5 Å². The van der Waals surface area contributed by atoms with Crippen LogP contribution in [-0.2, 0) is 5.41 Å². The van der Waals surface area contributed by atoms with E-state index in [1.54, 1.807) is 11.3 Å². The maximum atomic E-state index is 5.27. The van der Waals surface area contributed by atoms with Gasteiger partial charge >= 0.3 is 0 Å². The lowest BCUT2D eigenvalue weighted by Gasteiger charge is -2.14. The molecule has 1 rings (SSSR count). The van der Waals surface area contributed by atoms with Crippen molar-refractivity contribution in [2.75, 3.05) is 0 Å². The van der Waals surface area contributed by atoms with Crippen LogP contribution < -0.4 is 0 Å². The summed E-state index contributed by atoms with van der Waals surface area (Å²) in [6, 6.07) is 4.12. The van der Waals surface area contributed by atoms with E-state index in [-0.39, 0.29) is 5.41 Å². The van der Waals surface area contributed by atoms with Crippen LogP contribution in [0.25, 0.3) is 0 Å². The molecule has 1 aromatic rings. The highest BCUT2D eigenvalue weighted by molar-refractivity contribution is 7.12. The monoisotopic (exact) mass is 164 g/mol. The first kappa shape index (κ1) is 8.36. The predicted molar refractivity (Wildman–Crippen MR) is 51.0 cm³/mol. The van der Waals surface area contributed by atoms with Gasteiger partial charge in [0.1, 0.15) is 0 Å². The molecule has 0 atom stereocenters. The second-order valence-electron chi connectivity index (χ2n) is 3.56. The number of hydrogen-bond acceptors (Lipinski definition) is 1. The van der Waals surface area contributed by atoms with Crippen LogP contribution in [0.5, 0.6) is 0 Å². The second kappa shape index (κ2) is 2.71. The molecule has 0 fully saturated rings. The molecule has 0 saturated heterocycles. The summed E-state index contributed by atoms with van der Waals surface area (Å²) in [4.78, 5) is 2.38. The lowest BCUT2D eigenvalue weighted by atomic mass is 9.95. The molecule has 1 heteroatoms. The molecule has 0 aliphatic carbocycles. The first-order valence-electron chi connectivity index (χ1n) is 3.61. The minimum absolute atomic E-state index is 0.236. The van der Waals surface area contributed by atoms with Crippen LogP contribution in [0.3, 0.4) is 0 Å². The largest absolute Gasteiger partial charge is 0.131 e. The van der Waals surface area contributed by atoms with E-state index < -0.39 is 0 Å². The van der Waals surface area contributed by atoms with Crippen LogP contribution in [0.4, 0.5) is 0 Å². The van der Waals surface area contributed by atoms with Gasteiger partial charge in [0.2, 0.25) is 0 Å². The molecule has 0 spiro atoms. The normalized spacial score (nSPS) is 11.1. The van der Waals surface area contributed by atoms with E-state index in [9.17, 15) is 0 Å². The van der Waals surface area contributed by atoms with E-state index in [1.807, 2.05) is 6.07 Å². The smallest absolute Gasteiger partial charge is 0.0768 e. The second-order valence-corrected chi connectivity index (χ2v) is 4.64. The molecule has 0 aliphatic rings. The minimum atomic E-state index is 0.236. The van der Waals surface area contributed by atoms with Gasteiger partial charge in [-0.1, -0.05) is 26.7 Å². The first-order valence-corrected chi connectivity index (χ1v) is 4.42. The summed E-state index contributed by atoms with van der Waals surface area (Å²) in [5.74, 6) is 2.64. The zero-order chi connectivity index (χ0) is 8.48. The fourth-order valence-corrected chi connectivity index (χ4v) is 1.69. The molecule has 0 N–H and O–H groups in total. The van der Waals surface area contributed by atoms with Crippen molar-refractivity contribution in [2.45, 2.75) is 26.2 Å². The summed E-state index contributed by atoms with van der Waals surface area (Å²) in [5, 5.41) is 0. The van der Waals surface area contributed by atoms with Crippen molar-refractivity contribution in [2.24, 2.45) is 0 Å². The Bertz CT molecular complexity index is 281. The zero-order valence-corrected chi connectivity index (χ0v) is 7.96. The van der Waals surface area contributed by atoms with E-state index in [1.165, 1.54) is 4.88 Å². The summed E-state index contributed by atoms with van der Waals surface area (Å²) in [5.41, 5.74) is 0.236. The molecule has 0 bridgehead atoms. The number of terminal acetylenes is 1. The van der Waals surface area contributed by atoms with Crippen molar-refractivity contribution in [3.8, 4) is 12.3 Å². The van der Waals surface area contributed by atoms with Crippen LogP contribution in [0.1, 0.15) is 30.5 Å². The Balaban J connectivity index is 3.01. The van der Waals surface area contributed by atoms with Gasteiger partial charge in [-0.15, -0.1) is 17.8 Å². The standard InChI is InChI=1S/C10H12S/c1-5-8-6-7-9(11-8)10(2,3)4/h1,6-7H,2-4H3. The molecular weight excluding hydrogens is 152 g/mol. The summed E-state index contributed by atoms with van der Waals surface area (Å²) in [6.45, 7) is 6.58. The summed E-state index contributed by atoms with van der Waals surface area (Å²) in [6.07, 6.45) is 5.27. The van der Waals surface area contributed by atoms with Gasteiger partial charge in [0.15, 0.2) is 0 Å². The molecule has 0 unspecified atom stereocenters. The van der Waals surface area contributed by atoms with Crippen LogP contribution in [0, 0.1) is 12.3 Å². The summed E-state index contributed by atoms with van der Waals surface area (Å²) >= 11 is 1.70. The Hall–Kier alpha value is -0.740. The average molecular weight is 164 g/mol. The Labute approximate surface area is 72.3 Å². The first-order chi connectivity index (χ1) is 5.04. The van der Waals surface area contributed by atoms with Crippen molar-refractivity contribution in [3.05, 3.63) is 21.9 Å². The van der Waals surface area contributed by atoms with E-state index in [2.05, 4.69) is 32.8 Å². The maximum Gasteiger partial charge on any atom is 0.0768 e. The van der Waals surface area contributed by atoms with Crippen LogP contribution in [0.15, 0.2) is 12.1 Å². The van der Waals surface area contributed by atoms with E-state index in [0.29, 0.717) is 0 Å². The predicted octanol–water partition coefficient (Wildman–Crippen LogP) is 3.03. The molecule has 0 aliphatic heterocycles. The third-order valence-corrected chi connectivity index (χ3v) is 2.93. The molecule has 1 aromatic heterocycles. The fraction of sp³-hybridized carbons (Fsp3) is 0.400. The van der Waals surface area contributed by atoms with E-state index in [4.69, 9.17) is 6.42 Å². The quantitative estimate of drug-likeness (QED) is 0.517. The summed E-state index contributed by atoms with van der Waals surface area (Å²) in [7, 11) is 0. The topological polar surface area (TPSA) is 0 Å². The van der Waals surface area contributed by atoms with Crippen molar-refractivity contribution in [3.63, 3.8) is 0 Å². The SMILES string of the molecule is C#Cc1ccc(C(C)(C)C)s1. The van der Waals surface area contributed by atoms with Gasteiger partial charge in [-0.3, -0.25) is 0 Å². The highest BCUT2D eigenvalue weighted by Crippen LogP contribution is 2.28. The molecular formula is C10H12S. The Morgan fingerprint density at radius 2 is 2.00 bits per heavy atom. The Kier molecular flexibility index (Phi) is 2.06. The Morgan fingerprint density at radius 3 is 2.27 bits per heavy atom. The van der Waals surface area contributed by atoms with Gasteiger partial charge in [0, 0.05) is 4.88 Å². The van der Waals surface area contributed by atoms with Gasteiger partial charge in [-0.2, -0.15) is 0 Å². The van der Waals surface area contributed by atoms with E-state index in [0.717, 1.165) is 4.88 Å². The molecule has 0 saturated carbocycles. The van der Waals surface area contributed by atoms with Crippen molar-refractivity contribution in [1.29, 1.82) is 0 Å². The van der Waals surface area contributed by atoms with E-state index >= 15 is 0 Å². The third kappa shape index (κ3) is 1.85. The summed E-state index contributed by atoms with van der Waals surface area (Å²) < 4.78 is 0. The zero-order valence-electron chi connectivity index (χ0n) is 7.14. The highest BCUT2D eigenvalue weighted by Gasteiger charge is 2.15. The average Bonchev–Trinajstić information content (AvgIpc) is 2.32. The molecule has 1 heterocycles. The van der Waals surface area contributed by atoms with Crippen LogP contribution in [0.2, 0.25) is 0 Å². The lowest BCUT2D eigenvalue weighted by Crippen LogP contribution is -2.07. The number of rotatable bonds is 0. The molecule has 11 heavy (non-hydrogen) atoms.